The van der Waals surface area contributed by atoms with Crippen LogP contribution >= 0.6 is 0 Å². The van der Waals surface area contributed by atoms with E-state index < -0.39 is 8.32 Å². The number of nitrogens with zero attached hydrogens (tertiary/aromatic N) is 1. The van der Waals surface area contributed by atoms with E-state index in [9.17, 15) is 0 Å². The van der Waals surface area contributed by atoms with Crippen molar-refractivity contribution in [3.05, 3.63) is 79.0 Å². The van der Waals surface area contributed by atoms with Crippen LogP contribution in [0.4, 0.5) is 0 Å². The maximum atomic E-state index is 6.69. The van der Waals surface area contributed by atoms with Crippen molar-refractivity contribution in [3.63, 3.8) is 0 Å². The van der Waals surface area contributed by atoms with Crippen LogP contribution in [0, 0.1) is 0 Å². The lowest BCUT2D eigenvalue weighted by atomic mass is 10.2. The van der Waals surface area contributed by atoms with Gasteiger partial charge in [0.1, 0.15) is 12.9 Å². The minimum atomic E-state index is -2.51. The van der Waals surface area contributed by atoms with Gasteiger partial charge in [-0.25, -0.2) is 4.98 Å². The first kappa shape index (κ1) is 16.7. The molecule has 0 aliphatic rings. The fraction of sp³-hybridized carbons (Fsp3) is 0.250. The van der Waals surface area contributed by atoms with E-state index in [2.05, 4.69) is 74.3 Å². The summed E-state index contributed by atoms with van der Waals surface area (Å²) in [5.74, 6) is 0.614. The molecule has 0 bridgehead atoms. The first-order valence-electron chi connectivity index (χ1n) is 8.17. The van der Waals surface area contributed by atoms with Gasteiger partial charge in [0.25, 0.3) is 8.32 Å². The number of oxazole rings is 1. The molecule has 0 aliphatic carbocycles. The number of hydrogen-bond donors (Lipinski definition) is 0. The molecule has 0 radical (unpaired) electrons. The van der Waals surface area contributed by atoms with Gasteiger partial charge in [-0.15, -0.1) is 0 Å². The SMILES string of the molecule is CC(C)(C)[Si](OCc1ncco1)(c1ccccc1)c1ccccc1. The summed E-state index contributed by atoms with van der Waals surface area (Å²) >= 11 is 0. The van der Waals surface area contributed by atoms with E-state index in [1.807, 2.05) is 12.1 Å². The Morgan fingerprint density at radius 1 is 0.917 bits per heavy atom. The average molecular weight is 337 g/mol. The maximum Gasteiger partial charge on any atom is 0.261 e. The van der Waals surface area contributed by atoms with E-state index in [4.69, 9.17) is 8.84 Å². The minimum Gasteiger partial charge on any atom is -0.447 e. The van der Waals surface area contributed by atoms with Crippen LogP contribution in [0.2, 0.25) is 5.04 Å². The second-order valence-electron chi connectivity index (χ2n) is 6.88. The Morgan fingerprint density at radius 2 is 1.46 bits per heavy atom. The molecular formula is C20H23NO2Si. The molecule has 0 fully saturated rings. The maximum absolute atomic E-state index is 6.69. The number of aromatic nitrogens is 1. The quantitative estimate of drug-likeness (QED) is 0.665. The van der Waals surface area contributed by atoms with Crippen molar-refractivity contribution >= 4 is 18.7 Å². The highest BCUT2D eigenvalue weighted by Gasteiger charge is 2.50. The van der Waals surface area contributed by atoms with Crippen molar-refractivity contribution in [1.29, 1.82) is 0 Å². The molecule has 3 rings (SSSR count). The fourth-order valence-electron chi connectivity index (χ4n) is 3.26. The van der Waals surface area contributed by atoms with Crippen molar-refractivity contribution < 1.29 is 8.84 Å². The van der Waals surface area contributed by atoms with Crippen LogP contribution < -0.4 is 10.4 Å². The van der Waals surface area contributed by atoms with Crippen LogP contribution in [0.5, 0.6) is 0 Å². The average Bonchev–Trinajstić information content (AvgIpc) is 3.10. The predicted octanol–water partition coefficient (Wildman–Crippen LogP) is 3.75. The van der Waals surface area contributed by atoms with Crippen LogP contribution in [0.3, 0.4) is 0 Å². The van der Waals surface area contributed by atoms with Crippen LogP contribution in [-0.4, -0.2) is 13.3 Å². The van der Waals surface area contributed by atoms with Crippen LogP contribution in [0.25, 0.3) is 0 Å². The summed E-state index contributed by atoms with van der Waals surface area (Å²) in [5.41, 5.74) is 0. The van der Waals surface area contributed by atoms with Gasteiger partial charge in [-0.1, -0.05) is 81.4 Å². The molecule has 2 aromatic carbocycles. The van der Waals surface area contributed by atoms with Gasteiger partial charge in [-0.05, 0) is 15.4 Å². The van der Waals surface area contributed by atoms with Gasteiger partial charge in [0.05, 0.1) is 6.20 Å². The van der Waals surface area contributed by atoms with Gasteiger partial charge in [-0.2, -0.15) is 0 Å². The van der Waals surface area contributed by atoms with Gasteiger partial charge in [0, 0.05) is 0 Å². The van der Waals surface area contributed by atoms with E-state index in [1.54, 1.807) is 12.5 Å². The number of hydrogen-bond acceptors (Lipinski definition) is 3. The molecule has 1 aromatic heterocycles. The lowest BCUT2D eigenvalue weighted by Crippen LogP contribution is -2.66. The molecule has 124 valence electrons. The first-order chi connectivity index (χ1) is 11.5. The Bertz CT molecular complexity index is 710. The van der Waals surface area contributed by atoms with Crippen molar-refractivity contribution in [2.24, 2.45) is 0 Å². The Hall–Kier alpha value is -2.17. The molecule has 0 aliphatic heterocycles. The summed E-state index contributed by atoms with van der Waals surface area (Å²) in [5, 5.41) is 2.48. The largest absolute Gasteiger partial charge is 0.447 e. The normalized spacial score (nSPS) is 12.3. The Kier molecular flexibility index (Phi) is 4.69. The lowest BCUT2D eigenvalue weighted by Gasteiger charge is -2.42. The molecule has 24 heavy (non-hydrogen) atoms. The van der Waals surface area contributed by atoms with Crippen LogP contribution in [0.1, 0.15) is 26.7 Å². The van der Waals surface area contributed by atoms with E-state index in [0.717, 1.165) is 0 Å². The second-order valence-corrected chi connectivity index (χ2v) is 11.2. The molecule has 0 spiro atoms. The third-order valence-electron chi connectivity index (χ3n) is 4.31. The molecule has 1 heterocycles. The molecule has 0 saturated heterocycles. The molecule has 4 heteroatoms. The molecule has 0 atom stereocenters. The standard InChI is InChI=1S/C20H23NO2Si/c1-20(2,3)24(17-10-6-4-7-11-17,18-12-8-5-9-13-18)23-16-19-21-14-15-22-19/h4-15H,16H2,1-3H3. The molecular weight excluding hydrogens is 314 g/mol. The van der Waals surface area contributed by atoms with Gasteiger partial charge in [0.2, 0.25) is 5.89 Å². The zero-order valence-corrected chi connectivity index (χ0v) is 15.4. The zero-order valence-electron chi connectivity index (χ0n) is 14.4. The van der Waals surface area contributed by atoms with Gasteiger partial charge in [-0.3, -0.25) is 0 Å². The van der Waals surface area contributed by atoms with E-state index in [-0.39, 0.29) is 5.04 Å². The summed E-state index contributed by atoms with van der Waals surface area (Å²) < 4.78 is 12.1. The van der Waals surface area contributed by atoms with E-state index in [1.165, 1.54) is 10.4 Å². The topological polar surface area (TPSA) is 35.3 Å². The van der Waals surface area contributed by atoms with Gasteiger partial charge < -0.3 is 8.84 Å². The van der Waals surface area contributed by atoms with Crippen molar-refractivity contribution in [3.8, 4) is 0 Å². The molecule has 3 nitrogen and oxygen atoms in total. The predicted molar refractivity (Wildman–Crippen MR) is 98.9 cm³/mol. The molecule has 0 unspecified atom stereocenters. The Balaban J connectivity index is 2.13. The second kappa shape index (κ2) is 6.75. The van der Waals surface area contributed by atoms with Crippen LogP contribution in [0.15, 0.2) is 77.5 Å². The third-order valence-corrected chi connectivity index (χ3v) is 9.29. The van der Waals surface area contributed by atoms with E-state index in [0.29, 0.717) is 12.5 Å². The summed E-state index contributed by atoms with van der Waals surface area (Å²) in [6, 6.07) is 21.1. The highest BCUT2D eigenvalue weighted by atomic mass is 28.4. The smallest absolute Gasteiger partial charge is 0.261 e. The molecule has 0 saturated carbocycles. The van der Waals surface area contributed by atoms with Crippen molar-refractivity contribution in [2.75, 3.05) is 0 Å². The molecule has 0 N–H and O–H groups in total. The summed E-state index contributed by atoms with van der Waals surface area (Å²) in [6.07, 6.45) is 3.24. The third kappa shape index (κ3) is 3.07. The summed E-state index contributed by atoms with van der Waals surface area (Å²) in [6.45, 7) is 7.15. The van der Waals surface area contributed by atoms with E-state index >= 15 is 0 Å². The van der Waals surface area contributed by atoms with Gasteiger partial charge in [0.15, 0.2) is 0 Å². The number of benzene rings is 2. The number of rotatable bonds is 5. The Morgan fingerprint density at radius 3 is 1.88 bits per heavy atom. The molecule has 3 aromatic rings. The highest BCUT2D eigenvalue weighted by molar-refractivity contribution is 6.99. The zero-order chi connectivity index (χ0) is 17.0. The van der Waals surface area contributed by atoms with Crippen molar-refractivity contribution in [2.45, 2.75) is 32.4 Å². The van der Waals surface area contributed by atoms with Gasteiger partial charge >= 0.3 is 0 Å². The first-order valence-corrected chi connectivity index (χ1v) is 10.1. The highest BCUT2D eigenvalue weighted by Crippen LogP contribution is 2.37. The minimum absolute atomic E-state index is 0.0394. The fourth-order valence-corrected chi connectivity index (χ4v) is 7.75. The monoisotopic (exact) mass is 337 g/mol. The Labute approximate surface area is 144 Å². The molecule has 0 amide bonds. The van der Waals surface area contributed by atoms with Crippen LogP contribution in [-0.2, 0) is 11.0 Å². The lowest BCUT2D eigenvalue weighted by molar-refractivity contribution is 0.247. The summed E-state index contributed by atoms with van der Waals surface area (Å²) in [4.78, 5) is 4.22. The summed E-state index contributed by atoms with van der Waals surface area (Å²) in [7, 11) is -2.51. The van der Waals surface area contributed by atoms with Crippen molar-refractivity contribution in [1.82, 2.24) is 4.98 Å².